The maximum absolute atomic E-state index is 13.6. The monoisotopic (exact) mass is 236 g/mol. The van der Waals surface area contributed by atoms with Gasteiger partial charge in [0, 0.05) is 17.3 Å². The number of aromatic nitrogens is 1. The van der Waals surface area contributed by atoms with Crippen molar-refractivity contribution in [2.24, 2.45) is 0 Å². The summed E-state index contributed by atoms with van der Waals surface area (Å²) >= 11 is 0. The van der Waals surface area contributed by atoms with Crippen LogP contribution < -0.4 is 5.73 Å². The first-order valence-electron chi connectivity index (χ1n) is 4.93. The van der Waals surface area contributed by atoms with E-state index in [2.05, 4.69) is 4.98 Å². The summed E-state index contributed by atoms with van der Waals surface area (Å²) in [5.74, 6) is -1.69. The van der Waals surface area contributed by atoms with E-state index in [0.29, 0.717) is 11.1 Å². The molecule has 5 heteroatoms. The van der Waals surface area contributed by atoms with Gasteiger partial charge >= 0.3 is 0 Å². The van der Waals surface area contributed by atoms with Gasteiger partial charge in [-0.2, -0.15) is 0 Å². The predicted molar refractivity (Wildman–Crippen MR) is 59.9 cm³/mol. The zero-order chi connectivity index (χ0) is 12.4. The largest absolute Gasteiger partial charge is 0.392 e. The summed E-state index contributed by atoms with van der Waals surface area (Å²) in [4.78, 5) is 3.81. The first kappa shape index (κ1) is 11.5. The van der Waals surface area contributed by atoms with E-state index in [1.54, 1.807) is 0 Å². The van der Waals surface area contributed by atoms with Gasteiger partial charge in [0.2, 0.25) is 0 Å². The molecule has 0 unspecified atom stereocenters. The molecule has 0 atom stereocenters. The van der Waals surface area contributed by atoms with Gasteiger partial charge in [0.25, 0.3) is 0 Å². The lowest BCUT2D eigenvalue weighted by Gasteiger charge is -2.09. The third kappa shape index (κ3) is 2.09. The first-order valence-corrected chi connectivity index (χ1v) is 4.93. The van der Waals surface area contributed by atoms with Crippen molar-refractivity contribution in [2.45, 2.75) is 6.61 Å². The fourth-order valence-corrected chi connectivity index (χ4v) is 1.60. The second-order valence-electron chi connectivity index (χ2n) is 3.53. The number of nitrogens with zero attached hydrogens (tertiary/aromatic N) is 1. The number of nitrogens with two attached hydrogens (primary N) is 1. The van der Waals surface area contributed by atoms with Gasteiger partial charge in [0.15, 0.2) is 11.6 Å². The van der Waals surface area contributed by atoms with Crippen LogP contribution in [0.5, 0.6) is 0 Å². The van der Waals surface area contributed by atoms with E-state index >= 15 is 0 Å². The highest BCUT2D eigenvalue weighted by Crippen LogP contribution is 2.27. The van der Waals surface area contributed by atoms with E-state index in [9.17, 15) is 8.78 Å². The van der Waals surface area contributed by atoms with Crippen molar-refractivity contribution in [2.75, 3.05) is 5.73 Å². The van der Waals surface area contributed by atoms with Crippen LogP contribution >= 0.6 is 0 Å². The summed E-state index contributed by atoms with van der Waals surface area (Å²) < 4.78 is 26.7. The lowest BCUT2D eigenvalue weighted by Crippen LogP contribution is -1.98. The average molecular weight is 236 g/mol. The molecule has 0 spiro atoms. The Morgan fingerprint density at radius 1 is 1.24 bits per heavy atom. The fraction of sp³-hybridized carbons (Fsp3) is 0.0833. The Hall–Kier alpha value is -2.01. The number of anilines is 1. The molecule has 0 amide bonds. The molecule has 1 aromatic carbocycles. The Bertz CT molecular complexity index is 558. The Morgan fingerprint density at radius 3 is 2.71 bits per heavy atom. The summed E-state index contributed by atoms with van der Waals surface area (Å²) in [6, 6.07) is 5.28. The number of hydrogen-bond acceptors (Lipinski definition) is 3. The van der Waals surface area contributed by atoms with E-state index in [-0.39, 0.29) is 18.0 Å². The number of nitrogen functional groups attached to an aromatic ring is 1. The lowest BCUT2D eigenvalue weighted by molar-refractivity contribution is 0.282. The molecule has 0 radical (unpaired) electrons. The molecule has 0 aliphatic heterocycles. The molecule has 1 aromatic heterocycles. The van der Waals surface area contributed by atoms with Gasteiger partial charge in [0.05, 0.1) is 6.61 Å². The molecule has 2 aromatic rings. The third-order valence-electron chi connectivity index (χ3n) is 2.42. The smallest absolute Gasteiger partial charge is 0.166 e. The number of aliphatic hydroxyl groups excluding tert-OH is 1. The molecule has 17 heavy (non-hydrogen) atoms. The van der Waals surface area contributed by atoms with Crippen LogP contribution in [0.3, 0.4) is 0 Å². The number of benzene rings is 1. The van der Waals surface area contributed by atoms with Crippen molar-refractivity contribution < 1.29 is 13.9 Å². The average Bonchev–Trinajstić information content (AvgIpc) is 2.33. The van der Waals surface area contributed by atoms with Crippen LogP contribution in [0.1, 0.15) is 5.56 Å². The molecule has 0 saturated carbocycles. The van der Waals surface area contributed by atoms with Gasteiger partial charge in [0.1, 0.15) is 5.82 Å². The molecule has 0 aliphatic rings. The Labute approximate surface area is 96.5 Å². The van der Waals surface area contributed by atoms with Crippen molar-refractivity contribution in [3.05, 3.63) is 47.7 Å². The Balaban J connectivity index is 2.64. The van der Waals surface area contributed by atoms with Crippen molar-refractivity contribution >= 4 is 5.82 Å². The molecule has 0 aliphatic carbocycles. The topological polar surface area (TPSA) is 59.1 Å². The molecule has 88 valence electrons. The zero-order valence-electron chi connectivity index (χ0n) is 8.82. The quantitative estimate of drug-likeness (QED) is 0.839. The minimum absolute atomic E-state index is 0.0570. The van der Waals surface area contributed by atoms with Gasteiger partial charge in [-0.25, -0.2) is 13.8 Å². The SMILES string of the molecule is Nc1cc(CO)c(-c2cccc(F)c2F)cn1. The van der Waals surface area contributed by atoms with Gasteiger partial charge < -0.3 is 10.8 Å². The minimum Gasteiger partial charge on any atom is -0.392 e. The van der Waals surface area contributed by atoms with Gasteiger partial charge in [-0.1, -0.05) is 12.1 Å². The molecule has 0 bridgehead atoms. The van der Waals surface area contributed by atoms with Crippen molar-refractivity contribution in [1.29, 1.82) is 0 Å². The molecule has 0 saturated heterocycles. The predicted octanol–water partition coefficient (Wildman–Crippen LogP) is 2.10. The molecule has 3 nitrogen and oxygen atoms in total. The highest BCUT2D eigenvalue weighted by Gasteiger charge is 2.13. The molecule has 0 fully saturated rings. The van der Waals surface area contributed by atoms with Crippen molar-refractivity contribution in [3.63, 3.8) is 0 Å². The van der Waals surface area contributed by atoms with E-state index in [4.69, 9.17) is 10.8 Å². The molecular formula is C12H10F2N2O. The molecule has 3 N–H and O–H groups in total. The molecule has 1 heterocycles. The van der Waals surface area contributed by atoms with Crippen LogP contribution in [-0.4, -0.2) is 10.1 Å². The van der Waals surface area contributed by atoms with E-state index < -0.39 is 11.6 Å². The maximum atomic E-state index is 13.6. The van der Waals surface area contributed by atoms with Gasteiger partial charge in [-0.05, 0) is 17.7 Å². The zero-order valence-corrected chi connectivity index (χ0v) is 8.82. The van der Waals surface area contributed by atoms with Crippen LogP contribution in [0.4, 0.5) is 14.6 Å². The Kier molecular flexibility index (Phi) is 3.01. The highest BCUT2D eigenvalue weighted by molar-refractivity contribution is 5.68. The van der Waals surface area contributed by atoms with Crippen LogP contribution in [-0.2, 0) is 6.61 Å². The van der Waals surface area contributed by atoms with E-state index in [1.807, 2.05) is 0 Å². The number of hydrogen-bond donors (Lipinski definition) is 2. The van der Waals surface area contributed by atoms with Crippen LogP contribution in [0.2, 0.25) is 0 Å². The van der Waals surface area contributed by atoms with Crippen LogP contribution in [0.15, 0.2) is 30.5 Å². The number of rotatable bonds is 2. The summed E-state index contributed by atoms with van der Waals surface area (Å²) in [6.45, 7) is -0.321. The van der Waals surface area contributed by atoms with E-state index in [1.165, 1.54) is 24.4 Å². The van der Waals surface area contributed by atoms with Crippen molar-refractivity contribution in [1.82, 2.24) is 4.98 Å². The van der Waals surface area contributed by atoms with Gasteiger partial charge in [-0.3, -0.25) is 0 Å². The summed E-state index contributed by atoms with van der Waals surface area (Å²) in [5.41, 5.74) is 6.25. The second-order valence-corrected chi connectivity index (χ2v) is 3.53. The van der Waals surface area contributed by atoms with Crippen molar-refractivity contribution in [3.8, 4) is 11.1 Å². The number of aliphatic hydroxyl groups is 1. The van der Waals surface area contributed by atoms with Crippen LogP contribution in [0.25, 0.3) is 11.1 Å². The second kappa shape index (κ2) is 4.47. The molecular weight excluding hydrogens is 226 g/mol. The number of pyridine rings is 1. The fourth-order valence-electron chi connectivity index (χ4n) is 1.60. The van der Waals surface area contributed by atoms with Crippen LogP contribution in [0, 0.1) is 11.6 Å². The first-order chi connectivity index (χ1) is 8.13. The highest BCUT2D eigenvalue weighted by atomic mass is 19.2. The third-order valence-corrected chi connectivity index (χ3v) is 2.42. The maximum Gasteiger partial charge on any atom is 0.166 e. The lowest BCUT2D eigenvalue weighted by atomic mass is 10.0. The summed E-state index contributed by atoms with van der Waals surface area (Å²) in [5, 5.41) is 9.16. The minimum atomic E-state index is -0.964. The summed E-state index contributed by atoms with van der Waals surface area (Å²) in [7, 11) is 0. The molecule has 2 rings (SSSR count). The van der Waals surface area contributed by atoms with Gasteiger partial charge in [-0.15, -0.1) is 0 Å². The number of halogens is 2. The summed E-state index contributed by atoms with van der Waals surface area (Å²) in [6.07, 6.45) is 1.32. The normalized spacial score (nSPS) is 10.5. The van der Waals surface area contributed by atoms with E-state index in [0.717, 1.165) is 6.07 Å². The Morgan fingerprint density at radius 2 is 2.00 bits per heavy atom. The standard InChI is InChI=1S/C12H10F2N2O/c13-10-3-1-2-8(12(10)14)9-5-16-11(15)4-7(9)6-17/h1-5,17H,6H2,(H2,15,16).